The molecule has 0 saturated carbocycles. The minimum absolute atomic E-state index is 0.0536. The summed E-state index contributed by atoms with van der Waals surface area (Å²) in [7, 11) is 0. The second-order valence-electron chi connectivity index (χ2n) is 9.31. The van der Waals surface area contributed by atoms with Crippen LogP contribution in [0.5, 0.6) is 0 Å². The molecule has 3 amide bonds. The first-order chi connectivity index (χ1) is 17.0. The van der Waals surface area contributed by atoms with Gasteiger partial charge in [-0.2, -0.15) is 0 Å². The number of nitrogen functional groups attached to an aromatic ring is 1. The minimum atomic E-state index is -0.0897. The number of rotatable bonds is 12. The van der Waals surface area contributed by atoms with Crippen LogP contribution in [0.1, 0.15) is 64.6 Å². The number of fused-ring (bicyclic) bond motifs is 3. The quantitative estimate of drug-likeness (QED) is 0.294. The number of aromatic nitrogens is 4. The highest BCUT2D eigenvalue weighted by Crippen LogP contribution is 2.28. The molecule has 4 heterocycles. The largest absolute Gasteiger partial charge is 0.382 e. The first-order valence-corrected chi connectivity index (χ1v) is 12.7. The second kappa shape index (κ2) is 11.3. The molecule has 0 aliphatic carbocycles. The van der Waals surface area contributed by atoms with Gasteiger partial charge in [-0.15, -0.1) is 0 Å². The van der Waals surface area contributed by atoms with Crippen molar-refractivity contribution >= 4 is 39.8 Å². The van der Waals surface area contributed by atoms with Crippen molar-refractivity contribution in [2.24, 2.45) is 0 Å². The lowest BCUT2D eigenvalue weighted by Gasteiger charge is -2.13. The molecule has 188 valence electrons. The van der Waals surface area contributed by atoms with Crippen molar-refractivity contribution in [2.75, 3.05) is 12.3 Å². The van der Waals surface area contributed by atoms with Gasteiger partial charge < -0.3 is 26.3 Å². The molecule has 35 heavy (non-hydrogen) atoms. The molecule has 10 heteroatoms. The summed E-state index contributed by atoms with van der Waals surface area (Å²) in [4.78, 5) is 37.6. The molecule has 0 bridgehead atoms. The van der Waals surface area contributed by atoms with Crippen molar-refractivity contribution in [1.29, 1.82) is 0 Å². The SMILES string of the molecule is CCCCc1nc2c(N)nc3cccnc3c2n1CCNC(=O)CCCCCC1NC(=O)NC1C. The molecular formula is C25H36N8O2. The zero-order chi connectivity index (χ0) is 24.8. The summed E-state index contributed by atoms with van der Waals surface area (Å²) in [6.45, 7) is 5.28. The van der Waals surface area contributed by atoms with Gasteiger partial charge in [0.1, 0.15) is 22.4 Å². The van der Waals surface area contributed by atoms with Gasteiger partial charge in [0.05, 0.1) is 11.6 Å². The number of nitrogens with zero attached hydrogens (tertiary/aromatic N) is 4. The molecule has 4 rings (SSSR count). The lowest BCUT2D eigenvalue weighted by atomic mass is 10.0. The van der Waals surface area contributed by atoms with E-state index in [1.54, 1.807) is 6.20 Å². The second-order valence-corrected chi connectivity index (χ2v) is 9.31. The van der Waals surface area contributed by atoms with E-state index in [9.17, 15) is 9.59 Å². The number of aryl methyl sites for hydroxylation is 1. The number of pyridine rings is 2. The van der Waals surface area contributed by atoms with Crippen LogP contribution in [0.15, 0.2) is 18.3 Å². The molecule has 0 spiro atoms. The average molecular weight is 481 g/mol. The van der Waals surface area contributed by atoms with Gasteiger partial charge in [0.15, 0.2) is 5.82 Å². The summed E-state index contributed by atoms with van der Waals surface area (Å²) in [5.74, 6) is 1.41. The summed E-state index contributed by atoms with van der Waals surface area (Å²) in [5.41, 5.74) is 9.32. The van der Waals surface area contributed by atoms with E-state index >= 15 is 0 Å². The number of imidazole rings is 1. The highest BCUT2D eigenvalue weighted by Gasteiger charge is 2.26. The standard InChI is InChI=1S/C25H36N8O2/c1-3-4-11-19-32-22-23(21-18(30-24(22)26)10-8-13-28-21)33(19)15-14-27-20(34)12-7-5-6-9-17-16(2)29-25(35)31-17/h8,10,13,16-17H,3-7,9,11-12,14-15H2,1-2H3,(H2,26,30)(H,27,34)(H2,29,31,35). The Bertz CT molecular complexity index is 1190. The maximum absolute atomic E-state index is 12.4. The Morgan fingerprint density at radius 2 is 2.03 bits per heavy atom. The van der Waals surface area contributed by atoms with Crippen molar-refractivity contribution in [3.05, 3.63) is 24.2 Å². The molecule has 2 unspecified atom stereocenters. The van der Waals surface area contributed by atoms with Crippen LogP contribution < -0.4 is 21.7 Å². The van der Waals surface area contributed by atoms with Crippen LogP contribution >= 0.6 is 0 Å². The van der Waals surface area contributed by atoms with Crippen LogP contribution in [0.3, 0.4) is 0 Å². The molecule has 1 aliphatic heterocycles. The van der Waals surface area contributed by atoms with Crippen LogP contribution in [0.2, 0.25) is 0 Å². The monoisotopic (exact) mass is 480 g/mol. The topological polar surface area (TPSA) is 140 Å². The highest BCUT2D eigenvalue weighted by molar-refractivity contribution is 6.04. The maximum Gasteiger partial charge on any atom is 0.315 e. The molecule has 3 aromatic heterocycles. The van der Waals surface area contributed by atoms with E-state index in [0.29, 0.717) is 30.8 Å². The minimum Gasteiger partial charge on any atom is -0.382 e. The zero-order valence-corrected chi connectivity index (χ0v) is 20.6. The summed E-state index contributed by atoms with van der Waals surface area (Å²) >= 11 is 0. The highest BCUT2D eigenvalue weighted by atomic mass is 16.2. The van der Waals surface area contributed by atoms with E-state index < -0.39 is 0 Å². The van der Waals surface area contributed by atoms with Crippen LogP contribution in [0.4, 0.5) is 10.6 Å². The molecule has 10 nitrogen and oxygen atoms in total. The summed E-state index contributed by atoms with van der Waals surface area (Å²) in [6.07, 6.45) is 8.88. The van der Waals surface area contributed by atoms with Gasteiger partial charge in [0.25, 0.3) is 0 Å². The van der Waals surface area contributed by atoms with E-state index in [1.807, 2.05) is 19.1 Å². The molecule has 1 aliphatic rings. The van der Waals surface area contributed by atoms with Crippen LogP contribution in [0, 0.1) is 0 Å². The third-order valence-corrected chi connectivity index (χ3v) is 6.65. The Morgan fingerprint density at radius 3 is 2.80 bits per heavy atom. The molecular weight excluding hydrogens is 444 g/mol. The van der Waals surface area contributed by atoms with E-state index in [-0.39, 0.29) is 24.0 Å². The first-order valence-electron chi connectivity index (χ1n) is 12.7. The van der Waals surface area contributed by atoms with Crippen molar-refractivity contribution in [3.8, 4) is 0 Å². The van der Waals surface area contributed by atoms with Crippen molar-refractivity contribution in [3.63, 3.8) is 0 Å². The Hall–Kier alpha value is -3.43. The summed E-state index contributed by atoms with van der Waals surface area (Å²) in [5, 5.41) is 8.86. The molecule has 1 fully saturated rings. The predicted molar refractivity (Wildman–Crippen MR) is 137 cm³/mol. The zero-order valence-electron chi connectivity index (χ0n) is 20.6. The fourth-order valence-electron chi connectivity index (χ4n) is 4.72. The first kappa shape index (κ1) is 24.7. The normalized spacial score (nSPS) is 17.6. The average Bonchev–Trinajstić information content (AvgIpc) is 3.36. The fourth-order valence-corrected chi connectivity index (χ4v) is 4.72. The van der Waals surface area contributed by atoms with Crippen molar-refractivity contribution in [1.82, 2.24) is 35.5 Å². The summed E-state index contributed by atoms with van der Waals surface area (Å²) in [6, 6.07) is 4.00. The van der Waals surface area contributed by atoms with Gasteiger partial charge >= 0.3 is 6.03 Å². The van der Waals surface area contributed by atoms with Gasteiger partial charge in [-0.05, 0) is 38.3 Å². The third-order valence-electron chi connectivity index (χ3n) is 6.65. The molecule has 0 radical (unpaired) electrons. The molecule has 2 atom stereocenters. The Kier molecular flexibility index (Phi) is 7.99. The lowest BCUT2D eigenvalue weighted by molar-refractivity contribution is -0.121. The third kappa shape index (κ3) is 5.80. The number of carbonyl (C=O) groups is 2. The van der Waals surface area contributed by atoms with E-state index in [0.717, 1.165) is 67.3 Å². The van der Waals surface area contributed by atoms with Crippen molar-refractivity contribution in [2.45, 2.75) is 83.8 Å². The number of urea groups is 1. The molecule has 0 aromatic carbocycles. The smallest absolute Gasteiger partial charge is 0.315 e. The Labute approximate surface area is 205 Å². The number of hydrogen-bond acceptors (Lipinski definition) is 6. The Morgan fingerprint density at radius 1 is 1.17 bits per heavy atom. The molecule has 5 N–H and O–H groups in total. The van der Waals surface area contributed by atoms with Gasteiger partial charge in [-0.1, -0.05) is 26.2 Å². The van der Waals surface area contributed by atoms with E-state index in [2.05, 4.69) is 37.4 Å². The number of anilines is 1. The molecule has 3 aromatic rings. The van der Waals surface area contributed by atoms with Crippen molar-refractivity contribution < 1.29 is 9.59 Å². The number of hydrogen-bond donors (Lipinski definition) is 4. The van der Waals surface area contributed by atoms with Gasteiger partial charge in [-0.3, -0.25) is 9.78 Å². The lowest BCUT2D eigenvalue weighted by Crippen LogP contribution is -2.30. The number of carbonyl (C=O) groups excluding carboxylic acids is 2. The molecule has 1 saturated heterocycles. The van der Waals surface area contributed by atoms with Gasteiger partial charge in [0, 0.05) is 38.2 Å². The van der Waals surface area contributed by atoms with Crippen LogP contribution in [-0.2, 0) is 17.8 Å². The summed E-state index contributed by atoms with van der Waals surface area (Å²) < 4.78 is 2.14. The van der Waals surface area contributed by atoms with E-state index in [4.69, 9.17) is 10.7 Å². The number of nitrogens with one attached hydrogen (secondary N) is 3. The van der Waals surface area contributed by atoms with Crippen LogP contribution in [0.25, 0.3) is 22.1 Å². The Balaban J connectivity index is 1.32. The van der Waals surface area contributed by atoms with Gasteiger partial charge in [-0.25, -0.2) is 14.8 Å². The predicted octanol–water partition coefficient (Wildman–Crippen LogP) is 3.04. The number of nitrogens with two attached hydrogens (primary N) is 1. The van der Waals surface area contributed by atoms with Crippen LogP contribution in [-0.4, -0.2) is 50.1 Å². The number of unbranched alkanes of at least 4 members (excludes halogenated alkanes) is 3. The van der Waals surface area contributed by atoms with E-state index in [1.165, 1.54) is 0 Å². The van der Waals surface area contributed by atoms with Gasteiger partial charge in [0.2, 0.25) is 5.91 Å². The number of amides is 3. The fraction of sp³-hybridized carbons (Fsp3) is 0.560. The maximum atomic E-state index is 12.4.